The summed E-state index contributed by atoms with van der Waals surface area (Å²) in [6.07, 6.45) is 0.970. The third-order valence-corrected chi connectivity index (χ3v) is 3.73. The van der Waals surface area contributed by atoms with Crippen molar-refractivity contribution in [2.24, 2.45) is 0 Å². The van der Waals surface area contributed by atoms with Crippen LogP contribution in [-0.2, 0) is 6.42 Å². The molecule has 1 N–H and O–H groups in total. The fraction of sp³-hybridized carbons (Fsp3) is 0.188. The Hall–Kier alpha value is -2.49. The fourth-order valence-electron chi connectivity index (χ4n) is 2.72. The van der Waals surface area contributed by atoms with E-state index >= 15 is 0 Å². The minimum Gasteiger partial charge on any atom is -0.454 e. The van der Waals surface area contributed by atoms with Crippen LogP contribution in [0, 0.1) is 0 Å². The zero-order valence-electron chi connectivity index (χ0n) is 10.8. The molecule has 0 fully saturated rings. The molecule has 0 saturated carbocycles. The van der Waals surface area contributed by atoms with Gasteiger partial charge in [-0.25, -0.2) is 0 Å². The van der Waals surface area contributed by atoms with Crippen molar-refractivity contribution in [1.29, 1.82) is 0 Å². The van der Waals surface area contributed by atoms with E-state index in [0.29, 0.717) is 17.1 Å². The summed E-state index contributed by atoms with van der Waals surface area (Å²) in [5, 5.41) is 3.29. The van der Waals surface area contributed by atoms with Crippen molar-refractivity contribution in [2.75, 3.05) is 18.7 Å². The van der Waals surface area contributed by atoms with E-state index in [1.807, 2.05) is 12.1 Å². The third-order valence-electron chi connectivity index (χ3n) is 3.73. The van der Waals surface area contributed by atoms with Crippen molar-refractivity contribution in [2.45, 2.75) is 6.42 Å². The van der Waals surface area contributed by atoms with Crippen molar-refractivity contribution >= 4 is 11.5 Å². The first-order valence-corrected chi connectivity index (χ1v) is 6.63. The lowest BCUT2D eigenvalue weighted by Crippen LogP contribution is -2.05. The van der Waals surface area contributed by atoms with E-state index in [9.17, 15) is 4.79 Å². The van der Waals surface area contributed by atoms with Crippen molar-refractivity contribution in [3.63, 3.8) is 0 Å². The Balaban J connectivity index is 1.76. The van der Waals surface area contributed by atoms with Crippen LogP contribution in [0.3, 0.4) is 0 Å². The van der Waals surface area contributed by atoms with Gasteiger partial charge >= 0.3 is 0 Å². The normalized spacial score (nSPS) is 14.8. The number of para-hydroxylation sites is 1. The van der Waals surface area contributed by atoms with Crippen LogP contribution in [0.15, 0.2) is 36.4 Å². The van der Waals surface area contributed by atoms with Crippen molar-refractivity contribution in [1.82, 2.24) is 0 Å². The summed E-state index contributed by atoms with van der Waals surface area (Å²) in [7, 11) is 0. The summed E-state index contributed by atoms with van der Waals surface area (Å²) >= 11 is 0. The maximum Gasteiger partial charge on any atom is 0.231 e. The monoisotopic (exact) mass is 267 g/mol. The summed E-state index contributed by atoms with van der Waals surface area (Å²) in [5.41, 5.74) is 3.52. The zero-order valence-corrected chi connectivity index (χ0v) is 10.8. The molecule has 2 aromatic carbocycles. The molecule has 2 aliphatic heterocycles. The number of benzene rings is 2. The number of carbonyl (C=O) groups is 1. The molecule has 4 heteroatoms. The molecular weight excluding hydrogens is 254 g/mol. The third kappa shape index (κ3) is 1.65. The van der Waals surface area contributed by atoms with Gasteiger partial charge in [0, 0.05) is 23.4 Å². The molecule has 0 radical (unpaired) electrons. The van der Waals surface area contributed by atoms with Crippen LogP contribution in [0.2, 0.25) is 0 Å². The number of anilines is 1. The largest absolute Gasteiger partial charge is 0.454 e. The SMILES string of the molecule is O=C(c1ccc2c(c1)OCO2)c1cccc2c1NCC2. The smallest absolute Gasteiger partial charge is 0.231 e. The van der Waals surface area contributed by atoms with Crippen LogP contribution < -0.4 is 14.8 Å². The second kappa shape index (κ2) is 4.27. The molecule has 2 aliphatic rings. The first-order chi connectivity index (χ1) is 9.83. The quantitative estimate of drug-likeness (QED) is 0.850. The lowest BCUT2D eigenvalue weighted by molar-refractivity contribution is 0.103. The van der Waals surface area contributed by atoms with Gasteiger partial charge in [0.2, 0.25) is 6.79 Å². The summed E-state index contributed by atoms with van der Waals surface area (Å²) in [6.45, 7) is 1.11. The van der Waals surface area contributed by atoms with Gasteiger partial charge in [0.1, 0.15) is 0 Å². The van der Waals surface area contributed by atoms with E-state index in [1.165, 1.54) is 5.56 Å². The van der Waals surface area contributed by atoms with Gasteiger partial charge in [-0.2, -0.15) is 0 Å². The predicted molar refractivity (Wildman–Crippen MR) is 74.6 cm³/mol. The maximum atomic E-state index is 12.7. The number of rotatable bonds is 2. The molecule has 20 heavy (non-hydrogen) atoms. The minimum atomic E-state index is 0.00884. The van der Waals surface area contributed by atoms with E-state index < -0.39 is 0 Å². The molecule has 4 nitrogen and oxygen atoms in total. The number of hydrogen-bond donors (Lipinski definition) is 1. The second-order valence-electron chi connectivity index (χ2n) is 4.91. The van der Waals surface area contributed by atoms with E-state index in [2.05, 4.69) is 11.4 Å². The molecule has 0 atom stereocenters. The number of hydrogen-bond acceptors (Lipinski definition) is 4. The van der Waals surface area contributed by atoms with Crippen molar-refractivity contribution < 1.29 is 14.3 Å². The standard InChI is InChI=1S/C16H13NO3/c18-16(11-4-5-13-14(8-11)20-9-19-13)12-3-1-2-10-6-7-17-15(10)12/h1-5,8,17H,6-7,9H2. The van der Waals surface area contributed by atoms with Gasteiger partial charge in [-0.15, -0.1) is 0 Å². The molecular formula is C16H13NO3. The maximum absolute atomic E-state index is 12.7. The molecule has 0 spiro atoms. The molecule has 0 aliphatic carbocycles. The van der Waals surface area contributed by atoms with Gasteiger partial charge in [-0.3, -0.25) is 4.79 Å². The zero-order chi connectivity index (χ0) is 13.5. The molecule has 4 rings (SSSR count). The summed E-state index contributed by atoms with van der Waals surface area (Å²) in [5.74, 6) is 1.34. The van der Waals surface area contributed by atoms with Gasteiger partial charge in [0.05, 0.1) is 0 Å². The Morgan fingerprint density at radius 2 is 2.00 bits per heavy atom. The lowest BCUT2D eigenvalue weighted by Gasteiger charge is -2.08. The van der Waals surface area contributed by atoms with Crippen molar-refractivity contribution in [3.05, 3.63) is 53.1 Å². The van der Waals surface area contributed by atoms with Gasteiger partial charge in [-0.1, -0.05) is 12.1 Å². The van der Waals surface area contributed by atoms with Crippen LogP contribution >= 0.6 is 0 Å². The highest BCUT2D eigenvalue weighted by atomic mass is 16.7. The van der Waals surface area contributed by atoms with Gasteiger partial charge in [-0.05, 0) is 36.2 Å². The Morgan fingerprint density at radius 1 is 1.10 bits per heavy atom. The van der Waals surface area contributed by atoms with Crippen LogP contribution in [0.4, 0.5) is 5.69 Å². The predicted octanol–water partition coefficient (Wildman–Crippen LogP) is 2.61. The number of fused-ring (bicyclic) bond motifs is 2. The molecule has 2 heterocycles. The molecule has 2 aromatic rings. The Kier molecular flexibility index (Phi) is 2.42. The molecule has 0 bridgehead atoms. The molecule has 0 amide bonds. The Morgan fingerprint density at radius 3 is 2.95 bits per heavy atom. The van der Waals surface area contributed by atoms with E-state index in [-0.39, 0.29) is 12.6 Å². The highest BCUT2D eigenvalue weighted by Gasteiger charge is 2.21. The van der Waals surface area contributed by atoms with Crippen LogP contribution in [0.1, 0.15) is 21.5 Å². The molecule has 0 saturated heterocycles. The summed E-state index contributed by atoms with van der Waals surface area (Å²) in [4.78, 5) is 12.7. The summed E-state index contributed by atoms with van der Waals surface area (Å²) in [6, 6.07) is 11.2. The lowest BCUT2D eigenvalue weighted by atomic mass is 9.99. The van der Waals surface area contributed by atoms with Crippen molar-refractivity contribution in [3.8, 4) is 11.5 Å². The molecule has 100 valence electrons. The van der Waals surface area contributed by atoms with Crippen LogP contribution in [0.25, 0.3) is 0 Å². The minimum absolute atomic E-state index is 0.00884. The highest BCUT2D eigenvalue weighted by Crippen LogP contribution is 2.34. The van der Waals surface area contributed by atoms with Gasteiger partial charge in [0.25, 0.3) is 0 Å². The Bertz CT molecular complexity index is 709. The highest BCUT2D eigenvalue weighted by molar-refractivity contribution is 6.13. The van der Waals surface area contributed by atoms with E-state index in [0.717, 1.165) is 24.2 Å². The number of nitrogens with one attached hydrogen (secondary N) is 1. The average molecular weight is 267 g/mol. The van der Waals surface area contributed by atoms with Crippen LogP contribution in [0.5, 0.6) is 11.5 Å². The number of ether oxygens (including phenoxy) is 2. The Labute approximate surface area is 116 Å². The van der Waals surface area contributed by atoms with Gasteiger partial charge < -0.3 is 14.8 Å². The average Bonchev–Trinajstić information content (AvgIpc) is 3.13. The number of ketones is 1. The van der Waals surface area contributed by atoms with Gasteiger partial charge in [0.15, 0.2) is 17.3 Å². The molecule has 0 aromatic heterocycles. The van der Waals surface area contributed by atoms with E-state index in [1.54, 1.807) is 18.2 Å². The first kappa shape index (κ1) is 11.3. The van der Waals surface area contributed by atoms with E-state index in [4.69, 9.17) is 9.47 Å². The summed E-state index contributed by atoms with van der Waals surface area (Å²) < 4.78 is 10.6. The fourth-order valence-corrected chi connectivity index (χ4v) is 2.72. The number of carbonyl (C=O) groups excluding carboxylic acids is 1. The van der Waals surface area contributed by atoms with Crippen LogP contribution in [-0.4, -0.2) is 19.1 Å². The topological polar surface area (TPSA) is 47.6 Å². The first-order valence-electron chi connectivity index (χ1n) is 6.63. The molecule has 0 unspecified atom stereocenters. The second-order valence-corrected chi connectivity index (χ2v) is 4.91.